The van der Waals surface area contributed by atoms with Crippen LogP contribution in [0.5, 0.6) is 0 Å². The van der Waals surface area contributed by atoms with Crippen molar-refractivity contribution >= 4 is 12.1 Å². The first-order chi connectivity index (χ1) is 9.22. The van der Waals surface area contributed by atoms with E-state index in [1.807, 2.05) is 20.8 Å². The highest BCUT2D eigenvalue weighted by Gasteiger charge is 2.52. The van der Waals surface area contributed by atoms with Crippen molar-refractivity contribution in [3.05, 3.63) is 12.2 Å². The predicted octanol–water partition coefficient (Wildman–Crippen LogP) is 2.80. The molecule has 2 atom stereocenters. The van der Waals surface area contributed by atoms with Gasteiger partial charge in [0.25, 0.3) is 0 Å². The Hall–Kier alpha value is -1.52. The van der Waals surface area contributed by atoms with Gasteiger partial charge in [0.15, 0.2) is 0 Å². The molecule has 5 nitrogen and oxygen atoms in total. The topological polar surface area (TPSA) is 64.6 Å². The summed E-state index contributed by atoms with van der Waals surface area (Å²) >= 11 is 0. The second kappa shape index (κ2) is 6.29. The second-order valence-corrected chi connectivity index (χ2v) is 6.06. The number of amides is 1. The van der Waals surface area contributed by atoms with Gasteiger partial charge < -0.3 is 14.8 Å². The molecule has 0 heterocycles. The van der Waals surface area contributed by atoms with Crippen molar-refractivity contribution in [1.82, 2.24) is 5.32 Å². The quantitative estimate of drug-likeness (QED) is 0.622. The van der Waals surface area contributed by atoms with Gasteiger partial charge in [0, 0.05) is 6.08 Å². The first kappa shape index (κ1) is 16.5. The molecule has 0 aromatic heterocycles. The normalized spacial score (nSPS) is 25.4. The average molecular weight is 283 g/mol. The first-order valence-corrected chi connectivity index (χ1v) is 7.09. The lowest BCUT2D eigenvalue weighted by atomic mass is 10.1. The molecule has 114 valence electrons. The molecular formula is C15H25NO4. The van der Waals surface area contributed by atoms with Gasteiger partial charge in [0.2, 0.25) is 0 Å². The Morgan fingerprint density at radius 2 is 2.00 bits per heavy atom. The zero-order valence-corrected chi connectivity index (χ0v) is 13.0. The fraction of sp³-hybridized carbons (Fsp3) is 0.733. The van der Waals surface area contributed by atoms with Crippen LogP contribution in [0.3, 0.4) is 0 Å². The SMILES string of the molecule is CCOC(=O)/C=C/[C@@]1(NC(=O)OC(C)(C)C)C[C@H]1CC. The third kappa shape index (κ3) is 4.87. The third-order valence-corrected chi connectivity index (χ3v) is 3.18. The van der Waals surface area contributed by atoms with Gasteiger partial charge in [-0.05, 0) is 40.0 Å². The van der Waals surface area contributed by atoms with Gasteiger partial charge in [-0.1, -0.05) is 19.4 Å². The summed E-state index contributed by atoms with van der Waals surface area (Å²) in [6, 6.07) is 0. The highest BCUT2D eigenvalue weighted by atomic mass is 16.6. The van der Waals surface area contributed by atoms with Crippen LogP contribution in [0.2, 0.25) is 0 Å². The smallest absolute Gasteiger partial charge is 0.408 e. The molecule has 0 bridgehead atoms. The van der Waals surface area contributed by atoms with Crippen LogP contribution in [0.4, 0.5) is 4.79 Å². The van der Waals surface area contributed by atoms with E-state index in [0.717, 1.165) is 12.8 Å². The summed E-state index contributed by atoms with van der Waals surface area (Å²) in [4.78, 5) is 23.2. The number of carbonyl (C=O) groups excluding carboxylic acids is 2. The molecule has 0 aromatic rings. The van der Waals surface area contributed by atoms with Gasteiger partial charge in [0.1, 0.15) is 5.60 Å². The number of carbonyl (C=O) groups is 2. The van der Waals surface area contributed by atoms with E-state index in [2.05, 4.69) is 12.2 Å². The van der Waals surface area contributed by atoms with Gasteiger partial charge in [-0.3, -0.25) is 0 Å². The fourth-order valence-corrected chi connectivity index (χ4v) is 2.16. The van der Waals surface area contributed by atoms with E-state index in [-0.39, 0.29) is 5.97 Å². The lowest BCUT2D eigenvalue weighted by Crippen LogP contribution is -2.41. The molecule has 1 aliphatic carbocycles. The maximum Gasteiger partial charge on any atom is 0.408 e. The van der Waals surface area contributed by atoms with Crippen molar-refractivity contribution < 1.29 is 19.1 Å². The summed E-state index contributed by atoms with van der Waals surface area (Å²) in [6.45, 7) is 9.61. The molecule has 5 heteroatoms. The maximum atomic E-state index is 11.9. The minimum Gasteiger partial charge on any atom is -0.463 e. The monoisotopic (exact) mass is 283 g/mol. The van der Waals surface area contributed by atoms with Crippen LogP contribution in [0, 0.1) is 5.92 Å². The average Bonchev–Trinajstić information content (AvgIpc) is 2.98. The van der Waals surface area contributed by atoms with Gasteiger partial charge in [-0.25, -0.2) is 9.59 Å². The minimum atomic E-state index is -0.535. The molecule has 0 aromatic carbocycles. The van der Waals surface area contributed by atoms with E-state index in [4.69, 9.17) is 9.47 Å². The highest BCUT2D eigenvalue weighted by molar-refractivity contribution is 5.82. The molecule has 1 amide bonds. The molecule has 0 unspecified atom stereocenters. The Kier molecular flexibility index (Phi) is 5.20. The van der Waals surface area contributed by atoms with Crippen LogP contribution in [-0.2, 0) is 14.3 Å². The number of nitrogens with one attached hydrogen (secondary N) is 1. The number of hydrogen-bond acceptors (Lipinski definition) is 4. The number of esters is 1. The van der Waals surface area contributed by atoms with Crippen LogP contribution >= 0.6 is 0 Å². The molecule has 1 fully saturated rings. The summed E-state index contributed by atoms with van der Waals surface area (Å²) in [5.41, 5.74) is -1.00. The van der Waals surface area contributed by atoms with Crippen molar-refractivity contribution in [1.29, 1.82) is 0 Å². The van der Waals surface area contributed by atoms with Crippen LogP contribution in [-0.4, -0.2) is 29.8 Å². The summed E-state index contributed by atoms with van der Waals surface area (Å²) in [7, 11) is 0. The zero-order chi connectivity index (χ0) is 15.4. The van der Waals surface area contributed by atoms with E-state index in [0.29, 0.717) is 12.5 Å². The molecule has 1 aliphatic rings. The molecule has 0 radical (unpaired) electrons. The Bertz CT molecular complexity index is 397. The molecular weight excluding hydrogens is 258 g/mol. The van der Waals surface area contributed by atoms with Crippen molar-refractivity contribution in [2.75, 3.05) is 6.61 Å². The molecule has 1 N–H and O–H groups in total. The molecule has 1 saturated carbocycles. The van der Waals surface area contributed by atoms with Crippen molar-refractivity contribution in [2.24, 2.45) is 5.92 Å². The van der Waals surface area contributed by atoms with Crippen molar-refractivity contribution in [3.8, 4) is 0 Å². The number of hydrogen-bond donors (Lipinski definition) is 1. The van der Waals surface area contributed by atoms with Gasteiger partial charge in [0.05, 0.1) is 12.1 Å². The van der Waals surface area contributed by atoms with Crippen LogP contribution in [0.1, 0.15) is 47.5 Å². The van der Waals surface area contributed by atoms with Crippen LogP contribution in [0.25, 0.3) is 0 Å². The molecule has 20 heavy (non-hydrogen) atoms. The van der Waals surface area contributed by atoms with E-state index in [1.165, 1.54) is 6.08 Å². The van der Waals surface area contributed by atoms with Crippen molar-refractivity contribution in [2.45, 2.75) is 58.6 Å². The lowest BCUT2D eigenvalue weighted by Gasteiger charge is -2.22. The van der Waals surface area contributed by atoms with Crippen LogP contribution < -0.4 is 5.32 Å². The Morgan fingerprint density at radius 3 is 2.45 bits per heavy atom. The predicted molar refractivity (Wildman–Crippen MR) is 76.3 cm³/mol. The first-order valence-electron chi connectivity index (χ1n) is 7.09. The fourth-order valence-electron chi connectivity index (χ4n) is 2.16. The molecule has 0 saturated heterocycles. The summed E-state index contributed by atoms with van der Waals surface area (Å²) in [5.74, 6) is -0.0553. The highest BCUT2D eigenvalue weighted by Crippen LogP contribution is 2.47. The van der Waals surface area contributed by atoms with Gasteiger partial charge >= 0.3 is 12.1 Å². The van der Waals surface area contributed by atoms with E-state index < -0.39 is 17.2 Å². The van der Waals surface area contributed by atoms with E-state index >= 15 is 0 Å². The molecule has 0 aliphatic heterocycles. The van der Waals surface area contributed by atoms with E-state index in [9.17, 15) is 9.59 Å². The number of rotatable bonds is 5. The lowest BCUT2D eigenvalue weighted by molar-refractivity contribution is -0.137. The van der Waals surface area contributed by atoms with Gasteiger partial charge in [-0.15, -0.1) is 0 Å². The summed E-state index contributed by atoms with van der Waals surface area (Å²) in [5, 5.41) is 2.87. The van der Waals surface area contributed by atoms with Crippen molar-refractivity contribution in [3.63, 3.8) is 0 Å². The minimum absolute atomic E-state index is 0.334. The third-order valence-electron chi connectivity index (χ3n) is 3.18. The standard InChI is InChI=1S/C15H25NO4/c1-6-11-10-15(11,9-8-12(17)19-7-2)16-13(18)20-14(3,4)5/h8-9,11H,6-7,10H2,1-5H3,(H,16,18)/b9-8+/t11-,15-/m1/s1. The second-order valence-electron chi connectivity index (χ2n) is 6.06. The van der Waals surface area contributed by atoms with E-state index in [1.54, 1.807) is 13.0 Å². The molecule has 1 rings (SSSR count). The zero-order valence-electron chi connectivity index (χ0n) is 13.0. The Balaban J connectivity index is 2.65. The summed E-state index contributed by atoms with van der Waals surface area (Å²) < 4.78 is 10.1. The molecule has 0 spiro atoms. The maximum absolute atomic E-state index is 11.9. The van der Waals surface area contributed by atoms with Crippen LogP contribution in [0.15, 0.2) is 12.2 Å². The summed E-state index contributed by atoms with van der Waals surface area (Å²) in [6.07, 6.45) is 4.41. The largest absolute Gasteiger partial charge is 0.463 e. The number of alkyl carbamates (subject to hydrolysis) is 1. The van der Waals surface area contributed by atoms with Gasteiger partial charge in [-0.2, -0.15) is 0 Å². The Labute approximate surface area is 120 Å². The Morgan fingerprint density at radius 1 is 1.35 bits per heavy atom. The number of ether oxygens (including phenoxy) is 2.